The van der Waals surface area contributed by atoms with E-state index in [9.17, 15) is 14.9 Å². The van der Waals surface area contributed by atoms with Crippen molar-refractivity contribution >= 4 is 57.3 Å². The molecule has 1 aliphatic heterocycles. The molecule has 0 saturated carbocycles. The highest BCUT2D eigenvalue weighted by atomic mass is 35.5. The number of nitrogens with two attached hydrogens (primary N) is 1. The molecule has 1 unspecified atom stereocenters. The minimum Gasteiger partial charge on any atom is -0.384 e. The average molecular weight is 582 g/mol. The van der Waals surface area contributed by atoms with E-state index in [1.807, 2.05) is 19.9 Å². The number of nitriles is 1. The van der Waals surface area contributed by atoms with Crippen LogP contribution in [-0.2, 0) is 9.59 Å². The molecular weight excluding hydrogens is 558 g/mol. The van der Waals surface area contributed by atoms with Crippen molar-refractivity contribution in [1.82, 2.24) is 15.4 Å². The van der Waals surface area contributed by atoms with Crippen LogP contribution in [0.5, 0.6) is 0 Å². The highest BCUT2D eigenvalue weighted by molar-refractivity contribution is 8.01. The van der Waals surface area contributed by atoms with E-state index >= 15 is 0 Å². The van der Waals surface area contributed by atoms with Gasteiger partial charge in [0.1, 0.15) is 11.6 Å². The second kappa shape index (κ2) is 10.5. The second-order valence-electron chi connectivity index (χ2n) is 10.0. The van der Waals surface area contributed by atoms with E-state index in [2.05, 4.69) is 26.7 Å². The minimum absolute atomic E-state index is 0.0460. The maximum atomic E-state index is 13.6. The van der Waals surface area contributed by atoms with E-state index in [-0.39, 0.29) is 34.3 Å². The zero-order chi connectivity index (χ0) is 27.9. The molecule has 1 aliphatic carbocycles. The van der Waals surface area contributed by atoms with Crippen LogP contribution < -0.4 is 16.0 Å². The third kappa shape index (κ3) is 5.43. The van der Waals surface area contributed by atoms with Crippen molar-refractivity contribution in [3.8, 4) is 6.07 Å². The molecule has 1 atom stereocenters. The summed E-state index contributed by atoms with van der Waals surface area (Å²) in [5.74, 6) is 0.244. The van der Waals surface area contributed by atoms with Gasteiger partial charge in [-0.15, -0.1) is 10.2 Å². The molecule has 0 fully saturated rings. The lowest BCUT2D eigenvalue weighted by molar-refractivity contribution is -0.118. The van der Waals surface area contributed by atoms with Gasteiger partial charge < -0.3 is 15.6 Å². The molecule has 0 saturated heterocycles. The Morgan fingerprint density at radius 2 is 2.15 bits per heavy atom. The Balaban J connectivity index is 1.48. The van der Waals surface area contributed by atoms with Crippen molar-refractivity contribution in [3.63, 3.8) is 0 Å². The minimum atomic E-state index is -0.630. The Hall–Kier alpha value is -3.66. The molecule has 3 N–H and O–H groups in total. The Kier molecular flexibility index (Phi) is 7.24. The molecule has 0 spiro atoms. The van der Waals surface area contributed by atoms with Crippen LogP contribution in [0.4, 0.5) is 10.9 Å². The van der Waals surface area contributed by atoms with Gasteiger partial charge in [0.05, 0.1) is 23.3 Å². The van der Waals surface area contributed by atoms with E-state index in [1.165, 1.54) is 23.1 Å². The van der Waals surface area contributed by atoms with E-state index in [4.69, 9.17) is 21.9 Å². The molecule has 0 radical (unpaired) electrons. The molecule has 0 bridgehead atoms. The number of hydrogen-bond acceptors (Lipinski definition) is 11. The van der Waals surface area contributed by atoms with Gasteiger partial charge >= 0.3 is 0 Å². The van der Waals surface area contributed by atoms with Gasteiger partial charge in [-0.3, -0.25) is 14.5 Å². The summed E-state index contributed by atoms with van der Waals surface area (Å²) in [5.41, 5.74) is 8.52. The summed E-state index contributed by atoms with van der Waals surface area (Å²) >= 11 is 8.71. The second-order valence-corrected chi connectivity index (χ2v) is 12.7. The molecule has 13 heteroatoms. The molecule has 1 aromatic carbocycles. The number of hydrogen-bond donors (Lipinski definition) is 2. The predicted octanol–water partition coefficient (Wildman–Crippen LogP) is 5.16. The maximum Gasteiger partial charge on any atom is 0.236 e. The Bertz CT molecular complexity index is 1580. The van der Waals surface area contributed by atoms with E-state index in [0.29, 0.717) is 50.2 Å². The average Bonchev–Trinajstić information content (AvgIpc) is 3.50. The third-order valence-electron chi connectivity index (χ3n) is 6.37. The first-order valence-corrected chi connectivity index (χ1v) is 14.2. The highest BCUT2D eigenvalue weighted by Crippen LogP contribution is 2.50. The van der Waals surface area contributed by atoms with Crippen molar-refractivity contribution in [2.75, 3.05) is 16.0 Å². The zero-order valence-electron chi connectivity index (χ0n) is 21.3. The van der Waals surface area contributed by atoms with Crippen LogP contribution in [0.1, 0.15) is 43.9 Å². The summed E-state index contributed by atoms with van der Waals surface area (Å²) in [6, 6.07) is 11.0. The molecule has 2 aromatic heterocycles. The first-order chi connectivity index (χ1) is 18.6. The normalized spacial score (nSPS) is 18.7. The number of ketones is 1. The molecular formula is C26H24ClN7O3S2. The lowest BCUT2D eigenvalue weighted by atomic mass is 9.69. The standard InChI is InChI=1S/C26H24ClN7O3S2/c1-13-7-19(33-37-13)30-20(36)12-38-25-32-31-24(39-25)34-17-9-26(2,3)10-18(35)22(17)21(16(11-28)23(34)29)14-5-4-6-15(27)8-14/h4-8,21H,9-10,12,29H2,1-3H3,(H,30,33,36). The van der Waals surface area contributed by atoms with Crippen molar-refractivity contribution in [3.05, 3.63) is 69.3 Å². The number of rotatable bonds is 6. The summed E-state index contributed by atoms with van der Waals surface area (Å²) in [6.07, 6.45) is 0.888. The summed E-state index contributed by atoms with van der Waals surface area (Å²) in [6.45, 7) is 5.78. The summed E-state index contributed by atoms with van der Waals surface area (Å²) in [4.78, 5) is 27.6. The number of carbonyl (C=O) groups excluding carboxylic acids is 2. The maximum absolute atomic E-state index is 13.6. The number of Topliss-reactive ketones (excluding diaryl/α,β-unsaturated/α-hetero) is 1. The number of carbonyl (C=O) groups is 2. The van der Waals surface area contributed by atoms with Crippen molar-refractivity contribution < 1.29 is 14.1 Å². The van der Waals surface area contributed by atoms with Gasteiger partial charge in [0.15, 0.2) is 15.9 Å². The predicted molar refractivity (Wildman–Crippen MR) is 149 cm³/mol. The lowest BCUT2D eigenvalue weighted by Crippen LogP contribution is -2.42. The number of halogens is 1. The summed E-state index contributed by atoms with van der Waals surface area (Å²) in [7, 11) is 0. The number of anilines is 2. The Morgan fingerprint density at radius 1 is 1.36 bits per heavy atom. The fraction of sp³-hybridized carbons (Fsp3) is 0.308. The van der Waals surface area contributed by atoms with Crippen molar-refractivity contribution in [1.29, 1.82) is 5.26 Å². The van der Waals surface area contributed by atoms with Crippen LogP contribution >= 0.6 is 34.7 Å². The molecule has 5 rings (SSSR count). The number of aromatic nitrogens is 3. The van der Waals surface area contributed by atoms with Gasteiger partial charge in [-0.1, -0.05) is 65.8 Å². The van der Waals surface area contributed by atoms with Crippen LogP contribution in [0.25, 0.3) is 0 Å². The molecule has 39 heavy (non-hydrogen) atoms. The summed E-state index contributed by atoms with van der Waals surface area (Å²) < 4.78 is 5.49. The van der Waals surface area contributed by atoms with Gasteiger partial charge in [-0.25, -0.2) is 0 Å². The first-order valence-electron chi connectivity index (χ1n) is 12.0. The SMILES string of the molecule is Cc1cc(NC(=O)CSc2nnc(N3C(N)=C(C#N)C(c4cccc(Cl)c4)C4=C3CC(C)(C)CC4=O)s2)no1. The zero-order valence-corrected chi connectivity index (χ0v) is 23.7. The molecule has 1 amide bonds. The molecule has 3 heterocycles. The monoisotopic (exact) mass is 581 g/mol. The van der Waals surface area contributed by atoms with Crippen LogP contribution in [0.2, 0.25) is 5.02 Å². The van der Waals surface area contributed by atoms with Gasteiger partial charge in [-0.2, -0.15) is 5.26 Å². The number of aryl methyl sites for hydroxylation is 1. The first kappa shape index (κ1) is 26.9. The van der Waals surface area contributed by atoms with E-state index in [1.54, 1.807) is 36.1 Å². The topological polar surface area (TPSA) is 151 Å². The van der Waals surface area contributed by atoms with Gasteiger partial charge in [-0.05, 0) is 36.5 Å². The van der Waals surface area contributed by atoms with Gasteiger partial charge in [0, 0.05) is 28.8 Å². The number of benzene rings is 1. The highest BCUT2D eigenvalue weighted by Gasteiger charge is 2.45. The number of allylic oxidation sites excluding steroid dienone is 3. The fourth-order valence-electron chi connectivity index (χ4n) is 4.83. The van der Waals surface area contributed by atoms with Gasteiger partial charge in [0.25, 0.3) is 0 Å². The van der Waals surface area contributed by atoms with Crippen molar-refractivity contribution in [2.24, 2.45) is 11.1 Å². The molecule has 2 aliphatic rings. The molecule has 3 aromatic rings. The van der Waals surface area contributed by atoms with Crippen LogP contribution in [0.15, 0.2) is 61.9 Å². The number of nitrogens with zero attached hydrogens (tertiary/aromatic N) is 5. The number of thioether (sulfide) groups is 1. The quantitative estimate of drug-likeness (QED) is 0.373. The Morgan fingerprint density at radius 3 is 2.85 bits per heavy atom. The number of nitrogens with one attached hydrogen (secondary N) is 1. The van der Waals surface area contributed by atoms with E-state index in [0.717, 1.165) is 5.56 Å². The smallest absolute Gasteiger partial charge is 0.236 e. The third-order valence-corrected chi connectivity index (χ3v) is 8.65. The van der Waals surface area contributed by atoms with Crippen molar-refractivity contribution in [2.45, 2.75) is 43.9 Å². The molecule has 10 nitrogen and oxygen atoms in total. The van der Waals surface area contributed by atoms with E-state index < -0.39 is 5.92 Å². The fourth-order valence-corrected chi connectivity index (χ4v) is 6.71. The lowest BCUT2D eigenvalue weighted by Gasteiger charge is -2.42. The largest absolute Gasteiger partial charge is 0.384 e. The number of amides is 1. The molecule has 200 valence electrons. The van der Waals surface area contributed by atoms with Crippen LogP contribution in [0, 0.1) is 23.7 Å². The summed E-state index contributed by atoms with van der Waals surface area (Å²) in [5, 5.41) is 26.1. The van der Waals surface area contributed by atoms with Crippen LogP contribution in [0.3, 0.4) is 0 Å². The van der Waals surface area contributed by atoms with Gasteiger partial charge in [0.2, 0.25) is 11.0 Å². The Labute approximate surface area is 237 Å². The van der Waals surface area contributed by atoms with Crippen LogP contribution in [-0.4, -0.2) is 32.8 Å².